The van der Waals surface area contributed by atoms with Crippen molar-refractivity contribution in [2.24, 2.45) is 5.92 Å². The zero-order chi connectivity index (χ0) is 22.2. The number of hydrogen-bond acceptors (Lipinski definition) is 1. The second-order valence-electron chi connectivity index (χ2n) is 8.04. The molecule has 1 N–H and O–H groups in total. The predicted molar refractivity (Wildman–Crippen MR) is 135 cm³/mol. The molecule has 1 heteroatoms. The van der Waals surface area contributed by atoms with Gasteiger partial charge in [-0.05, 0) is 43.2 Å². The molecule has 168 valence electrons. The highest BCUT2D eigenvalue weighted by Gasteiger charge is 2.14. The SMILES string of the molecule is C#C.CCCCC.CCCCNC[C@@H](CCC(CCC)CCC)c1ccccc1. The highest BCUT2D eigenvalue weighted by Crippen LogP contribution is 2.27. The maximum atomic E-state index is 4.00. The second-order valence-corrected chi connectivity index (χ2v) is 8.04. The van der Waals surface area contributed by atoms with Gasteiger partial charge in [0.2, 0.25) is 0 Å². The lowest BCUT2D eigenvalue weighted by molar-refractivity contribution is 0.378. The van der Waals surface area contributed by atoms with Gasteiger partial charge in [-0.1, -0.05) is 116 Å². The Labute approximate surface area is 184 Å². The molecule has 0 amide bonds. The summed E-state index contributed by atoms with van der Waals surface area (Å²) in [6, 6.07) is 11.1. The van der Waals surface area contributed by atoms with E-state index in [0.717, 1.165) is 19.0 Å². The molecule has 0 heterocycles. The predicted octanol–water partition coefficient (Wildman–Crippen LogP) is 8.60. The molecule has 1 rings (SSSR count). The summed E-state index contributed by atoms with van der Waals surface area (Å²) in [6.07, 6.45) is 22.8. The fraction of sp³-hybridized carbons (Fsp3) is 0.714. The number of rotatable bonds is 15. The van der Waals surface area contributed by atoms with Gasteiger partial charge in [0.25, 0.3) is 0 Å². The molecule has 0 radical (unpaired) electrons. The third kappa shape index (κ3) is 18.5. The Hall–Kier alpha value is -1.26. The average Bonchev–Trinajstić information content (AvgIpc) is 2.76. The van der Waals surface area contributed by atoms with Crippen LogP contribution < -0.4 is 5.32 Å². The largest absolute Gasteiger partial charge is 0.316 e. The molecule has 0 aliphatic rings. The Balaban J connectivity index is 0. The van der Waals surface area contributed by atoms with E-state index in [4.69, 9.17) is 0 Å². The van der Waals surface area contributed by atoms with Crippen LogP contribution in [0.4, 0.5) is 0 Å². The van der Waals surface area contributed by atoms with E-state index in [9.17, 15) is 0 Å². The summed E-state index contributed by atoms with van der Waals surface area (Å²) in [4.78, 5) is 0. The first kappa shape index (κ1) is 29.9. The summed E-state index contributed by atoms with van der Waals surface area (Å²) in [5.74, 6) is 1.60. The molecule has 0 aromatic heterocycles. The van der Waals surface area contributed by atoms with Crippen LogP contribution in [-0.2, 0) is 0 Å². The van der Waals surface area contributed by atoms with Gasteiger partial charge in [0.15, 0.2) is 0 Å². The quantitative estimate of drug-likeness (QED) is 0.229. The molecular formula is C28H51N. The van der Waals surface area contributed by atoms with Gasteiger partial charge in [0, 0.05) is 6.54 Å². The molecule has 1 aromatic carbocycles. The molecule has 0 aliphatic heterocycles. The summed E-state index contributed by atoms with van der Waals surface area (Å²) in [5.41, 5.74) is 1.51. The minimum atomic E-state index is 0.675. The van der Waals surface area contributed by atoms with Crippen LogP contribution in [0.2, 0.25) is 0 Å². The monoisotopic (exact) mass is 401 g/mol. The molecule has 1 aromatic rings. The molecule has 0 unspecified atom stereocenters. The number of terminal acetylenes is 1. The van der Waals surface area contributed by atoms with Crippen LogP contribution in [0, 0.1) is 18.8 Å². The van der Waals surface area contributed by atoms with Crippen LogP contribution in [0.3, 0.4) is 0 Å². The van der Waals surface area contributed by atoms with E-state index < -0.39 is 0 Å². The third-order valence-electron chi connectivity index (χ3n) is 5.39. The molecule has 29 heavy (non-hydrogen) atoms. The molecule has 0 bridgehead atoms. The Morgan fingerprint density at radius 3 is 1.69 bits per heavy atom. The Morgan fingerprint density at radius 2 is 1.24 bits per heavy atom. The number of unbranched alkanes of at least 4 members (excludes halogenated alkanes) is 3. The van der Waals surface area contributed by atoms with Gasteiger partial charge in [0.1, 0.15) is 0 Å². The molecule has 0 fully saturated rings. The number of hydrogen-bond donors (Lipinski definition) is 1. The third-order valence-corrected chi connectivity index (χ3v) is 5.39. The van der Waals surface area contributed by atoms with Crippen molar-refractivity contribution < 1.29 is 0 Å². The van der Waals surface area contributed by atoms with Crippen LogP contribution in [-0.4, -0.2) is 13.1 Å². The van der Waals surface area contributed by atoms with Crippen molar-refractivity contribution in [3.63, 3.8) is 0 Å². The van der Waals surface area contributed by atoms with E-state index in [1.54, 1.807) is 0 Å². The lowest BCUT2D eigenvalue weighted by atomic mass is 9.86. The molecule has 1 atom stereocenters. The zero-order valence-corrected chi connectivity index (χ0v) is 20.4. The standard InChI is InChI=1S/C21H37N.C5H12.C2H2/c1-4-7-17-22-18-21(20-13-9-8-10-14-20)16-15-19(11-5-2)12-6-3;1-3-5-4-2;1-2/h8-10,13-14,19,21-22H,4-7,11-12,15-18H2,1-3H3;3-5H2,1-2H3;1-2H/t21-;;/m1../s1. The van der Waals surface area contributed by atoms with Gasteiger partial charge >= 0.3 is 0 Å². The summed E-state index contributed by atoms with van der Waals surface area (Å²) in [7, 11) is 0. The smallest absolute Gasteiger partial charge is 0.00201 e. The molecule has 0 spiro atoms. The zero-order valence-electron chi connectivity index (χ0n) is 20.4. The molecular weight excluding hydrogens is 350 g/mol. The average molecular weight is 402 g/mol. The highest BCUT2D eigenvalue weighted by molar-refractivity contribution is 5.19. The molecule has 1 nitrogen and oxygen atoms in total. The first-order chi connectivity index (χ1) is 14.2. The van der Waals surface area contributed by atoms with Gasteiger partial charge in [-0.2, -0.15) is 0 Å². The minimum absolute atomic E-state index is 0.675. The van der Waals surface area contributed by atoms with E-state index in [-0.39, 0.29) is 0 Å². The molecule has 0 aliphatic carbocycles. The van der Waals surface area contributed by atoms with Crippen LogP contribution >= 0.6 is 0 Å². The normalized spacial score (nSPS) is 11.2. The van der Waals surface area contributed by atoms with Gasteiger partial charge in [-0.15, -0.1) is 12.8 Å². The summed E-state index contributed by atoms with van der Waals surface area (Å²) < 4.78 is 0. The van der Waals surface area contributed by atoms with Crippen molar-refractivity contribution in [3.05, 3.63) is 35.9 Å². The summed E-state index contributed by atoms with van der Waals surface area (Å²) in [5, 5.41) is 3.67. The lowest BCUT2D eigenvalue weighted by Crippen LogP contribution is -2.23. The molecule has 0 saturated carbocycles. The van der Waals surface area contributed by atoms with Crippen LogP contribution in [0.25, 0.3) is 0 Å². The first-order valence-corrected chi connectivity index (χ1v) is 12.3. The van der Waals surface area contributed by atoms with Gasteiger partial charge in [-0.25, -0.2) is 0 Å². The van der Waals surface area contributed by atoms with Crippen molar-refractivity contribution >= 4 is 0 Å². The fourth-order valence-electron chi connectivity index (χ4n) is 3.73. The van der Waals surface area contributed by atoms with Crippen molar-refractivity contribution in [2.75, 3.05) is 13.1 Å². The number of nitrogens with one attached hydrogen (secondary N) is 1. The van der Waals surface area contributed by atoms with Crippen molar-refractivity contribution in [1.29, 1.82) is 0 Å². The maximum Gasteiger partial charge on any atom is 0.00201 e. The van der Waals surface area contributed by atoms with E-state index in [1.165, 1.54) is 76.2 Å². The summed E-state index contributed by atoms with van der Waals surface area (Å²) >= 11 is 0. The van der Waals surface area contributed by atoms with E-state index in [0.29, 0.717) is 5.92 Å². The van der Waals surface area contributed by atoms with Gasteiger partial charge < -0.3 is 5.32 Å². The Bertz CT molecular complexity index is 414. The minimum Gasteiger partial charge on any atom is -0.316 e. The first-order valence-electron chi connectivity index (χ1n) is 12.3. The lowest BCUT2D eigenvalue weighted by Gasteiger charge is -2.22. The van der Waals surface area contributed by atoms with Gasteiger partial charge in [-0.3, -0.25) is 0 Å². The Kier molecular flexibility index (Phi) is 25.6. The second kappa shape index (κ2) is 24.8. The van der Waals surface area contributed by atoms with E-state index in [1.807, 2.05) is 0 Å². The topological polar surface area (TPSA) is 12.0 Å². The van der Waals surface area contributed by atoms with Crippen molar-refractivity contribution in [1.82, 2.24) is 5.32 Å². The van der Waals surface area contributed by atoms with Gasteiger partial charge in [0.05, 0.1) is 0 Å². The number of benzene rings is 1. The van der Waals surface area contributed by atoms with E-state index >= 15 is 0 Å². The maximum absolute atomic E-state index is 4.00. The fourth-order valence-corrected chi connectivity index (χ4v) is 3.73. The van der Waals surface area contributed by atoms with Crippen LogP contribution in [0.1, 0.15) is 117 Å². The summed E-state index contributed by atoms with van der Waals surface area (Å²) in [6.45, 7) is 13.6. The van der Waals surface area contributed by atoms with Crippen LogP contribution in [0.15, 0.2) is 30.3 Å². The van der Waals surface area contributed by atoms with Crippen molar-refractivity contribution in [2.45, 2.75) is 111 Å². The Morgan fingerprint density at radius 1 is 0.690 bits per heavy atom. The van der Waals surface area contributed by atoms with E-state index in [2.05, 4.69) is 83.1 Å². The highest BCUT2D eigenvalue weighted by atomic mass is 14.9. The molecule has 0 saturated heterocycles. The van der Waals surface area contributed by atoms with Crippen molar-refractivity contribution in [3.8, 4) is 12.8 Å². The van der Waals surface area contributed by atoms with Crippen LogP contribution in [0.5, 0.6) is 0 Å².